The summed E-state index contributed by atoms with van der Waals surface area (Å²) in [7, 11) is 1.62. The lowest BCUT2D eigenvalue weighted by Crippen LogP contribution is -2.12. The highest BCUT2D eigenvalue weighted by molar-refractivity contribution is 5.25. The lowest BCUT2D eigenvalue weighted by molar-refractivity contribution is 0.0982. The van der Waals surface area contributed by atoms with E-state index in [0.29, 0.717) is 5.92 Å². The topological polar surface area (TPSA) is 42.4 Å². The molecule has 1 heterocycles. The Hall–Kier alpha value is -1.09. The molecule has 1 unspecified atom stereocenters. The number of aliphatic hydroxyl groups is 1. The van der Waals surface area contributed by atoms with E-state index in [-0.39, 0.29) is 0 Å². The largest absolute Gasteiger partial charge is 0.495 e. The first-order valence-electron chi connectivity index (χ1n) is 6.48. The molecule has 1 fully saturated rings. The van der Waals surface area contributed by atoms with E-state index < -0.39 is 6.10 Å². The third kappa shape index (κ3) is 3.19. The van der Waals surface area contributed by atoms with Crippen LogP contribution in [-0.2, 0) is 0 Å². The van der Waals surface area contributed by atoms with E-state index in [1.165, 1.54) is 25.7 Å². The van der Waals surface area contributed by atoms with Gasteiger partial charge in [0.25, 0.3) is 0 Å². The fourth-order valence-electron chi connectivity index (χ4n) is 2.61. The zero-order valence-electron chi connectivity index (χ0n) is 10.4. The van der Waals surface area contributed by atoms with E-state index in [2.05, 4.69) is 4.98 Å². The lowest BCUT2D eigenvalue weighted by Gasteiger charge is -2.21. The van der Waals surface area contributed by atoms with Gasteiger partial charge in [-0.15, -0.1) is 0 Å². The average Bonchev–Trinajstić information content (AvgIpc) is 2.67. The number of rotatable bonds is 3. The van der Waals surface area contributed by atoms with Crippen LogP contribution in [0.1, 0.15) is 50.2 Å². The van der Waals surface area contributed by atoms with Crippen LogP contribution in [0.5, 0.6) is 5.75 Å². The molecule has 0 bridgehead atoms. The molecule has 0 aliphatic heterocycles. The van der Waals surface area contributed by atoms with Crippen molar-refractivity contribution >= 4 is 0 Å². The van der Waals surface area contributed by atoms with Crippen molar-refractivity contribution in [2.24, 2.45) is 5.92 Å². The summed E-state index contributed by atoms with van der Waals surface area (Å²) in [4.78, 5) is 4.11. The van der Waals surface area contributed by atoms with Crippen molar-refractivity contribution in [2.45, 2.75) is 44.6 Å². The van der Waals surface area contributed by atoms with E-state index in [1.807, 2.05) is 6.07 Å². The van der Waals surface area contributed by atoms with Crippen LogP contribution in [0.3, 0.4) is 0 Å². The summed E-state index contributed by atoms with van der Waals surface area (Å²) in [6.45, 7) is 0. The second-order valence-corrected chi connectivity index (χ2v) is 4.85. The third-order valence-electron chi connectivity index (χ3n) is 3.66. The molecule has 1 aliphatic carbocycles. The van der Waals surface area contributed by atoms with Crippen molar-refractivity contribution in [3.63, 3.8) is 0 Å². The molecule has 2 rings (SSSR count). The number of methoxy groups -OCH3 is 1. The summed E-state index contributed by atoms with van der Waals surface area (Å²) in [5.41, 5.74) is 0.885. The van der Waals surface area contributed by atoms with Gasteiger partial charge < -0.3 is 9.84 Å². The molecule has 0 spiro atoms. The molecule has 1 N–H and O–H groups in total. The van der Waals surface area contributed by atoms with Crippen LogP contribution < -0.4 is 4.74 Å². The van der Waals surface area contributed by atoms with Gasteiger partial charge >= 0.3 is 0 Å². The van der Waals surface area contributed by atoms with Gasteiger partial charge in [0.15, 0.2) is 0 Å². The predicted octanol–water partition coefficient (Wildman–Crippen LogP) is 3.09. The Morgan fingerprint density at radius 1 is 1.24 bits per heavy atom. The van der Waals surface area contributed by atoms with E-state index in [0.717, 1.165) is 24.2 Å². The third-order valence-corrected chi connectivity index (χ3v) is 3.66. The number of hydrogen-bond acceptors (Lipinski definition) is 3. The minimum absolute atomic E-state index is 0.381. The fraction of sp³-hybridized carbons (Fsp3) is 0.643. The van der Waals surface area contributed by atoms with E-state index >= 15 is 0 Å². The Morgan fingerprint density at radius 3 is 2.59 bits per heavy atom. The Labute approximate surface area is 103 Å². The SMILES string of the molecule is COc1cncc(C(O)C2CCCCCC2)c1. The first-order valence-corrected chi connectivity index (χ1v) is 6.48. The zero-order valence-corrected chi connectivity index (χ0v) is 10.4. The molecule has 94 valence electrons. The Morgan fingerprint density at radius 2 is 1.94 bits per heavy atom. The Bertz CT molecular complexity index is 346. The van der Waals surface area contributed by atoms with Crippen molar-refractivity contribution in [3.05, 3.63) is 24.0 Å². The maximum atomic E-state index is 10.4. The average molecular weight is 235 g/mol. The van der Waals surface area contributed by atoms with Crippen LogP contribution in [0.25, 0.3) is 0 Å². The number of aliphatic hydroxyl groups excluding tert-OH is 1. The van der Waals surface area contributed by atoms with Crippen LogP contribution in [0.2, 0.25) is 0 Å². The van der Waals surface area contributed by atoms with Crippen molar-refractivity contribution in [1.29, 1.82) is 0 Å². The van der Waals surface area contributed by atoms with E-state index in [4.69, 9.17) is 4.74 Å². The zero-order chi connectivity index (χ0) is 12.1. The van der Waals surface area contributed by atoms with Crippen LogP contribution >= 0.6 is 0 Å². The smallest absolute Gasteiger partial charge is 0.137 e. The summed E-state index contributed by atoms with van der Waals surface area (Å²) >= 11 is 0. The summed E-state index contributed by atoms with van der Waals surface area (Å²) in [6.07, 6.45) is 10.4. The molecule has 0 amide bonds. The summed E-state index contributed by atoms with van der Waals surface area (Å²) in [5, 5.41) is 10.4. The van der Waals surface area contributed by atoms with Crippen LogP contribution in [0.4, 0.5) is 0 Å². The predicted molar refractivity (Wildman–Crippen MR) is 66.9 cm³/mol. The van der Waals surface area contributed by atoms with Gasteiger partial charge in [-0.05, 0) is 24.8 Å². The highest BCUT2D eigenvalue weighted by Crippen LogP contribution is 2.33. The summed E-state index contributed by atoms with van der Waals surface area (Å²) in [6, 6.07) is 1.89. The quantitative estimate of drug-likeness (QED) is 0.819. The standard InChI is InChI=1S/C14H21NO2/c1-17-13-8-12(9-15-10-13)14(16)11-6-4-2-3-5-7-11/h8-11,14,16H,2-7H2,1H3. The summed E-state index contributed by atoms with van der Waals surface area (Å²) < 4.78 is 5.14. The molecule has 3 heteroatoms. The molecule has 0 radical (unpaired) electrons. The van der Waals surface area contributed by atoms with Gasteiger partial charge in [-0.3, -0.25) is 4.98 Å². The number of ether oxygens (including phenoxy) is 1. The minimum atomic E-state index is -0.393. The van der Waals surface area contributed by atoms with E-state index in [1.54, 1.807) is 19.5 Å². The van der Waals surface area contributed by atoms with Crippen molar-refractivity contribution < 1.29 is 9.84 Å². The highest BCUT2D eigenvalue weighted by atomic mass is 16.5. The van der Waals surface area contributed by atoms with Gasteiger partial charge in [0.05, 0.1) is 19.4 Å². The molecule has 1 atom stereocenters. The van der Waals surface area contributed by atoms with Gasteiger partial charge in [-0.1, -0.05) is 25.7 Å². The van der Waals surface area contributed by atoms with Crippen molar-refractivity contribution in [3.8, 4) is 5.75 Å². The first-order chi connectivity index (χ1) is 8.31. The Balaban J connectivity index is 2.08. The second kappa shape index (κ2) is 6.01. The minimum Gasteiger partial charge on any atom is -0.495 e. The fourth-order valence-corrected chi connectivity index (χ4v) is 2.61. The van der Waals surface area contributed by atoms with Gasteiger partial charge in [-0.2, -0.15) is 0 Å². The first kappa shape index (κ1) is 12.4. The van der Waals surface area contributed by atoms with Gasteiger partial charge in [0.2, 0.25) is 0 Å². The summed E-state index contributed by atoms with van der Waals surface area (Å²) in [5.74, 6) is 1.10. The molecule has 1 saturated carbocycles. The monoisotopic (exact) mass is 235 g/mol. The molecule has 0 saturated heterocycles. The van der Waals surface area contributed by atoms with Gasteiger partial charge in [0.1, 0.15) is 5.75 Å². The lowest BCUT2D eigenvalue weighted by atomic mass is 9.90. The van der Waals surface area contributed by atoms with Crippen LogP contribution in [-0.4, -0.2) is 17.2 Å². The van der Waals surface area contributed by atoms with Crippen molar-refractivity contribution in [2.75, 3.05) is 7.11 Å². The normalized spacial score (nSPS) is 19.6. The maximum absolute atomic E-state index is 10.4. The highest BCUT2D eigenvalue weighted by Gasteiger charge is 2.22. The molecule has 1 aliphatic rings. The number of nitrogens with zero attached hydrogens (tertiary/aromatic N) is 1. The molecular weight excluding hydrogens is 214 g/mol. The molecule has 1 aromatic rings. The van der Waals surface area contributed by atoms with Crippen LogP contribution in [0, 0.1) is 5.92 Å². The molecule has 17 heavy (non-hydrogen) atoms. The number of pyridine rings is 1. The molecule has 0 aromatic carbocycles. The van der Waals surface area contributed by atoms with Gasteiger partial charge in [0, 0.05) is 11.8 Å². The molecular formula is C14H21NO2. The Kier molecular flexibility index (Phi) is 4.37. The second-order valence-electron chi connectivity index (χ2n) is 4.85. The molecule has 3 nitrogen and oxygen atoms in total. The van der Waals surface area contributed by atoms with Gasteiger partial charge in [-0.25, -0.2) is 0 Å². The molecule has 1 aromatic heterocycles. The van der Waals surface area contributed by atoms with Crippen molar-refractivity contribution in [1.82, 2.24) is 4.98 Å². The van der Waals surface area contributed by atoms with E-state index in [9.17, 15) is 5.11 Å². The maximum Gasteiger partial charge on any atom is 0.137 e. The number of aromatic nitrogens is 1. The number of hydrogen-bond donors (Lipinski definition) is 1. The van der Waals surface area contributed by atoms with Crippen LogP contribution in [0.15, 0.2) is 18.5 Å².